The number of para-hydroxylation sites is 6. The van der Waals surface area contributed by atoms with Crippen molar-refractivity contribution >= 4 is 72.2 Å². The van der Waals surface area contributed by atoms with E-state index in [1.54, 1.807) is 0 Å². The molecule has 0 saturated carbocycles. The first-order chi connectivity index (χ1) is 25.1. The molecule has 11 rings (SSSR count). The third kappa shape index (κ3) is 3.91. The van der Waals surface area contributed by atoms with Crippen molar-refractivity contribution in [1.29, 1.82) is 0 Å². The molecular weight excluding hydrogens is 627 g/mol. The molecule has 240 valence electrons. The van der Waals surface area contributed by atoms with Crippen molar-refractivity contribution in [1.82, 2.24) is 4.40 Å². The zero-order valence-corrected chi connectivity index (χ0v) is 27.5. The van der Waals surface area contributed by atoms with Gasteiger partial charge in [0.25, 0.3) is 0 Å². The molecule has 0 atom stereocenters. The summed E-state index contributed by atoms with van der Waals surface area (Å²) < 4.78 is 2.10. The summed E-state index contributed by atoms with van der Waals surface area (Å²) in [6.07, 6.45) is 1.53. The number of pyridine rings is 2. The minimum atomic E-state index is -0.0432. The Hall–Kier alpha value is -6.72. The molecule has 0 aliphatic carbocycles. The summed E-state index contributed by atoms with van der Waals surface area (Å²) in [5, 5.41) is 2.45. The molecule has 0 bridgehead atoms. The third-order valence-electron chi connectivity index (χ3n) is 10.8. The summed E-state index contributed by atoms with van der Waals surface area (Å²) >= 11 is 0. The topological polar surface area (TPSA) is 45.0 Å². The predicted octanol–water partition coefficient (Wildman–Crippen LogP) is 10.3. The maximum absolute atomic E-state index is 14.0. The lowest BCUT2D eigenvalue weighted by Crippen LogP contribution is -2.28. The number of fused-ring (bicyclic) bond motifs is 8. The second-order valence-electron chi connectivity index (χ2n) is 13.7. The highest BCUT2D eigenvalue weighted by Gasteiger charge is 2.35. The molecule has 5 heteroatoms. The van der Waals surface area contributed by atoms with Crippen LogP contribution in [-0.2, 0) is 12.8 Å². The Kier molecular flexibility index (Phi) is 5.74. The van der Waals surface area contributed by atoms with Crippen molar-refractivity contribution in [2.45, 2.75) is 12.8 Å². The number of hydrogen-bond donors (Lipinski definition) is 0. The van der Waals surface area contributed by atoms with Gasteiger partial charge in [0.15, 0.2) is 10.9 Å². The van der Waals surface area contributed by atoms with Gasteiger partial charge in [-0.3, -0.25) is 9.59 Å². The fourth-order valence-corrected chi connectivity index (χ4v) is 8.65. The largest absolute Gasteiger partial charge is 0.308 e. The second kappa shape index (κ2) is 10.4. The van der Waals surface area contributed by atoms with Crippen LogP contribution in [0.4, 0.5) is 34.1 Å². The summed E-state index contributed by atoms with van der Waals surface area (Å²) in [5.74, 6) is 0. The van der Waals surface area contributed by atoms with Gasteiger partial charge in [0.1, 0.15) is 0 Å². The molecule has 0 saturated heterocycles. The van der Waals surface area contributed by atoms with Gasteiger partial charge in [-0.1, -0.05) is 78.9 Å². The van der Waals surface area contributed by atoms with Crippen LogP contribution in [0.5, 0.6) is 0 Å². The average molecular weight is 656 g/mol. The van der Waals surface area contributed by atoms with Gasteiger partial charge in [-0.2, -0.15) is 0 Å². The third-order valence-corrected chi connectivity index (χ3v) is 10.8. The van der Waals surface area contributed by atoms with Gasteiger partial charge in [0, 0.05) is 39.3 Å². The molecule has 7 aromatic carbocycles. The van der Waals surface area contributed by atoms with Crippen LogP contribution in [0.25, 0.3) is 38.1 Å². The quantitative estimate of drug-likeness (QED) is 0.140. The van der Waals surface area contributed by atoms with Crippen LogP contribution in [0, 0.1) is 0 Å². The Labute approximate surface area is 292 Å². The van der Waals surface area contributed by atoms with Crippen molar-refractivity contribution in [2.75, 3.05) is 9.80 Å². The smallest absolute Gasteiger partial charge is 0.197 e. The van der Waals surface area contributed by atoms with Crippen molar-refractivity contribution in [3.63, 3.8) is 0 Å². The SMILES string of the molecule is O=c1c2ccccc2n2c3ccc(Cc4ccc5c(c4)Cc4cccc6c4N5c4ccccc4N6c4ccccc4)cc3c(=O)c3cccc1c32. The van der Waals surface area contributed by atoms with Crippen LogP contribution in [0.1, 0.15) is 22.3 Å². The van der Waals surface area contributed by atoms with Crippen molar-refractivity contribution in [3.8, 4) is 0 Å². The molecule has 51 heavy (non-hydrogen) atoms. The summed E-state index contributed by atoms with van der Waals surface area (Å²) in [6, 6.07) is 52.1. The van der Waals surface area contributed by atoms with Crippen molar-refractivity contribution < 1.29 is 0 Å². The van der Waals surface area contributed by atoms with Gasteiger partial charge in [0.05, 0.1) is 39.3 Å². The lowest BCUT2D eigenvalue weighted by Gasteiger charge is -2.44. The van der Waals surface area contributed by atoms with Crippen LogP contribution in [0.2, 0.25) is 0 Å². The van der Waals surface area contributed by atoms with Crippen LogP contribution in [-0.4, -0.2) is 4.40 Å². The van der Waals surface area contributed by atoms with Gasteiger partial charge in [-0.25, -0.2) is 0 Å². The number of hydrogen-bond acceptors (Lipinski definition) is 4. The fourth-order valence-electron chi connectivity index (χ4n) is 8.65. The average Bonchev–Trinajstić information content (AvgIpc) is 3.18. The first kappa shape index (κ1) is 28.2. The molecule has 2 aromatic heterocycles. The Morgan fingerprint density at radius 1 is 0.451 bits per heavy atom. The lowest BCUT2D eigenvalue weighted by molar-refractivity contribution is 1.05. The number of rotatable bonds is 3. The van der Waals surface area contributed by atoms with Gasteiger partial charge < -0.3 is 14.2 Å². The maximum Gasteiger partial charge on any atom is 0.197 e. The first-order valence-electron chi connectivity index (χ1n) is 17.4. The van der Waals surface area contributed by atoms with Gasteiger partial charge >= 0.3 is 0 Å². The standard InChI is InChI=1S/C46H29N3O2/c50-45-33-13-4-5-16-38(33)49-39-23-21-29(26-36(39)46(51)35-15-9-14-34(45)44(35)49)24-28-20-22-37-31(25-28)27-30-10-8-19-42-43(30)48(37)41-18-7-6-17-40(41)47(42)32-11-2-1-3-12-32/h1-23,25-26H,24,27H2. The molecule has 2 aliphatic rings. The monoisotopic (exact) mass is 655 g/mol. The fraction of sp³-hybridized carbons (Fsp3) is 0.0435. The number of aromatic nitrogens is 1. The molecule has 2 aliphatic heterocycles. The van der Waals surface area contributed by atoms with Crippen LogP contribution in [0.15, 0.2) is 161 Å². The number of anilines is 6. The molecule has 0 amide bonds. The normalized spacial score (nSPS) is 13.2. The van der Waals surface area contributed by atoms with E-state index in [1.807, 2.05) is 54.6 Å². The van der Waals surface area contributed by atoms with E-state index in [1.165, 1.54) is 33.8 Å². The number of nitrogens with zero attached hydrogens (tertiary/aromatic N) is 3. The van der Waals surface area contributed by atoms with E-state index in [4.69, 9.17) is 0 Å². The van der Waals surface area contributed by atoms with E-state index in [0.29, 0.717) is 33.5 Å². The van der Waals surface area contributed by atoms with Gasteiger partial charge in [-0.15, -0.1) is 0 Å². The molecule has 9 aromatic rings. The van der Waals surface area contributed by atoms with E-state index < -0.39 is 0 Å². The molecule has 5 nitrogen and oxygen atoms in total. The van der Waals surface area contributed by atoms with Crippen LogP contribution >= 0.6 is 0 Å². The Morgan fingerprint density at radius 3 is 1.92 bits per heavy atom. The van der Waals surface area contributed by atoms with Crippen LogP contribution < -0.4 is 20.7 Å². The molecule has 0 radical (unpaired) electrons. The Morgan fingerprint density at radius 2 is 1.08 bits per heavy atom. The van der Waals surface area contributed by atoms with Crippen molar-refractivity contribution in [3.05, 3.63) is 194 Å². The predicted molar refractivity (Wildman–Crippen MR) is 209 cm³/mol. The molecular formula is C46H29N3O2. The van der Waals surface area contributed by atoms with Gasteiger partial charge in [0.2, 0.25) is 0 Å². The Balaban J connectivity index is 1.03. The summed E-state index contributed by atoms with van der Waals surface area (Å²) in [4.78, 5) is 32.3. The van der Waals surface area contributed by atoms with E-state index in [0.717, 1.165) is 40.1 Å². The van der Waals surface area contributed by atoms with Gasteiger partial charge in [-0.05, 0) is 101 Å². The second-order valence-corrected chi connectivity index (χ2v) is 13.7. The summed E-state index contributed by atoms with van der Waals surface area (Å²) in [6.45, 7) is 0. The van der Waals surface area contributed by atoms with Crippen molar-refractivity contribution in [2.24, 2.45) is 0 Å². The van der Waals surface area contributed by atoms with E-state index in [9.17, 15) is 9.59 Å². The Bertz CT molecular complexity index is 3040. The highest BCUT2D eigenvalue weighted by atomic mass is 16.1. The molecule has 0 N–H and O–H groups in total. The maximum atomic E-state index is 14.0. The summed E-state index contributed by atoms with van der Waals surface area (Å²) in [5.41, 5.74) is 14.2. The highest BCUT2D eigenvalue weighted by Crippen LogP contribution is 2.57. The van der Waals surface area contributed by atoms with E-state index >= 15 is 0 Å². The molecule has 0 spiro atoms. The lowest BCUT2D eigenvalue weighted by atomic mass is 9.89. The zero-order valence-electron chi connectivity index (χ0n) is 27.5. The minimum Gasteiger partial charge on any atom is -0.308 e. The minimum absolute atomic E-state index is 0.0422. The molecule has 0 unspecified atom stereocenters. The summed E-state index contributed by atoms with van der Waals surface area (Å²) in [7, 11) is 0. The van der Waals surface area contributed by atoms with E-state index in [2.05, 4.69) is 111 Å². The molecule has 0 fully saturated rings. The first-order valence-corrected chi connectivity index (χ1v) is 17.4. The molecule has 4 heterocycles. The van der Waals surface area contributed by atoms with Crippen LogP contribution in [0.3, 0.4) is 0 Å². The zero-order chi connectivity index (χ0) is 33.8. The number of benzene rings is 7. The van der Waals surface area contributed by atoms with E-state index in [-0.39, 0.29) is 10.9 Å². The highest BCUT2D eigenvalue weighted by molar-refractivity contribution is 6.08.